The number of nitrogens with zero attached hydrogens (tertiary/aromatic N) is 1. The van der Waals surface area contributed by atoms with Crippen LogP contribution in [0.15, 0.2) is 0 Å². The number of thiophene rings is 1. The van der Waals surface area contributed by atoms with Gasteiger partial charge in [0.15, 0.2) is 0 Å². The molecule has 7 nitrogen and oxygen atoms in total. The lowest BCUT2D eigenvalue weighted by molar-refractivity contribution is -0.124. The Bertz CT molecular complexity index is 707. The van der Waals surface area contributed by atoms with Gasteiger partial charge < -0.3 is 16.8 Å². The molecule has 0 bridgehead atoms. The van der Waals surface area contributed by atoms with Gasteiger partial charge >= 0.3 is 0 Å². The Labute approximate surface area is 150 Å². The van der Waals surface area contributed by atoms with Crippen molar-refractivity contribution in [3.05, 3.63) is 16.0 Å². The first-order valence-corrected chi connectivity index (χ1v) is 9.48. The molecule has 1 aromatic rings. The van der Waals surface area contributed by atoms with Gasteiger partial charge in [-0.15, -0.1) is 11.3 Å². The molecule has 0 aromatic carbocycles. The van der Waals surface area contributed by atoms with Crippen molar-refractivity contribution in [2.75, 3.05) is 18.4 Å². The van der Waals surface area contributed by atoms with Gasteiger partial charge in [-0.3, -0.25) is 19.3 Å². The number of carbonyl (C=O) groups is 3. The van der Waals surface area contributed by atoms with Crippen LogP contribution in [0.3, 0.4) is 0 Å². The van der Waals surface area contributed by atoms with E-state index in [9.17, 15) is 14.4 Å². The summed E-state index contributed by atoms with van der Waals surface area (Å²) in [5.41, 5.74) is 12.4. The van der Waals surface area contributed by atoms with Crippen LogP contribution in [0.25, 0.3) is 0 Å². The third-order valence-electron chi connectivity index (χ3n) is 5.26. The molecule has 3 amide bonds. The van der Waals surface area contributed by atoms with Crippen LogP contribution in [0.1, 0.15) is 47.0 Å². The quantitative estimate of drug-likeness (QED) is 0.718. The highest BCUT2D eigenvalue weighted by Crippen LogP contribution is 2.39. The van der Waals surface area contributed by atoms with E-state index in [0.29, 0.717) is 36.5 Å². The van der Waals surface area contributed by atoms with Crippen LogP contribution in [0.5, 0.6) is 0 Å². The molecule has 25 heavy (non-hydrogen) atoms. The Morgan fingerprint density at radius 2 is 1.88 bits per heavy atom. The summed E-state index contributed by atoms with van der Waals surface area (Å²) in [5.74, 6) is -1.01. The third-order valence-corrected chi connectivity index (χ3v) is 6.47. The molecule has 1 aliphatic carbocycles. The Morgan fingerprint density at radius 1 is 1.20 bits per heavy atom. The van der Waals surface area contributed by atoms with Crippen molar-refractivity contribution < 1.29 is 14.4 Å². The number of nitrogens with one attached hydrogen (secondary N) is 1. The highest BCUT2D eigenvalue weighted by Gasteiger charge is 2.31. The minimum absolute atomic E-state index is 0.103. The van der Waals surface area contributed by atoms with Gasteiger partial charge in [-0.25, -0.2) is 0 Å². The molecule has 0 saturated carbocycles. The number of nitrogens with two attached hydrogens (primary N) is 2. The average molecular weight is 364 g/mol. The molecule has 136 valence electrons. The second-order valence-corrected chi connectivity index (χ2v) is 7.91. The number of aryl methyl sites for hydroxylation is 1. The van der Waals surface area contributed by atoms with Gasteiger partial charge in [-0.2, -0.15) is 0 Å². The van der Waals surface area contributed by atoms with Crippen molar-refractivity contribution in [3.8, 4) is 0 Å². The standard InChI is InChI=1S/C17H24N4O3S/c1-9(21-7-5-10(6-8-21)14(18)22)16(24)20-17-13(15(19)23)11-3-2-4-12(11)25-17/h9-10H,2-8H2,1H3,(H2,18,22)(H2,19,23)(H,20,24). The molecular weight excluding hydrogens is 340 g/mol. The maximum atomic E-state index is 12.6. The first-order chi connectivity index (χ1) is 11.9. The van der Waals surface area contributed by atoms with E-state index < -0.39 is 5.91 Å². The lowest BCUT2D eigenvalue weighted by atomic mass is 9.95. The Morgan fingerprint density at radius 3 is 2.48 bits per heavy atom. The normalized spacial score (nSPS) is 19.4. The van der Waals surface area contributed by atoms with E-state index in [4.69, 9.17) is 11.5 Å². The van der Waals surface area contributed by atoms with Crippen molar-refractivity contribution in [1.82, 2.24) is 4.90 Å². The largest absolute Gasteiger partial charge is 0.369 e. The van der Waals surface area contributed by atoms with Gasteiger partial charge in [0, 0.05) is 10.8 Å². The minimum atomic E-state index is -0.482. The number of anilines is 1. The van der Waals surface area contributed by atoms with Crippen molar-refractivity contribution in [3.63, 3.8) is 0 Å². The van der Waals surface area contributed by atoms with Gasteiger partial charge in [-0.05, 0) is 57.7 Å². The summed E-state index contributed by atoms with van der Waals surface area (Å²) < 4.78 is 0. The summed E-state index contributed by atoms with van der Waals surface area (Å²) in [6.45, 7) is 3.16. The molecule has 2 aliphatic rings. The predicted molar refractivity (Wildman–Crippen MR) is 96.4 cm³/mol. The summed E-state index contributed by atoms with van der Waals surface area (Å²) in [6.07, 6.45) is 4.16. The number of carbonyl (C=O) groups excluding carboxylic acids is 3. The SMILES string of the molecule is CC(C(=O)Nc1sc2c(c1C(N)=O)CCC2)N1CCC(C(N)=O)CC1. The minimum Gasteiger partial charge on any atom is -0.369 e. The highest BCUT2D eigenvalue weighted by atomic mass is 32.1. The summed E-state index contributed by atoms with van der Waals surface area (Å²) >= 11 is 1.46. The molecular formula is C17H24N4O3S. The molecule has 5 N–H and O–H groups in total. The lowest BCUT2D eigenvalue weighted by Gasteiger charge is -2.34. The number of hydrogen-bond acceptors (Lipinski definition) is 5. The number of rotatable bonds is 5. The number of amides is 3. The molecule has 1 fully saturated rings. The van der Waals surface area contributed by atoms with Crippen LogP contribution in [0, 0.1) is 5.92 Å². The highest BCUT2D eigenvalue weighted by molar-refractivity contribution is 7.17. The van der Waals surface area contributed by atoms with Crippen molar-refractivity contribution in [1.29, 1.82) is 0 Å². The molecule has 3 rings (SSSR count). The van der Waals surface area contributed by atoms with Crippen molar-refractivity contribution in [2.24, 2.45) is 17.4 Å². The van der Waals surface area contributed by atoms with E-state index in [1.165, 1.54) is 11.3 Å². The van der Waals surface area contributed by atoms with Gasteiger partial charge in [0.1, 0.15) is 5.00 Å². The maximum Gasteiger partial charge on any atom is 0.251 e. The van der Waals surface area contributed by atoms with Crippen LogP contribution in [0.2, 0.25) is 0 Å². The predicted octanol–water partition coefficient (Wildman–Crippen LogP) is 0.860. The number of fused-ring (bicyclic) bond motifs is 1. The molecule has 2 heterocycles. The first-order valence-electron chi connectivity index (χ1n) is 8.67. The fraction of sp³-hybridized carbons (Fsp3) is 0.588. The fourth-order valence-corrected chi connectivity index (χ4v) is 5.00. The topological polar surface area (TPSA) is 119 Å². The second-order valence-electron chi connectivity index (χ2n) is 6.80. The van der Waals surface area contributed by atoms with E-state index in [1.807, 2.05) is 11.8 Å². The van der Waals surface area contributed by atoms with Gasteiger partial charge in [0.25, 0.3) is 5.91 Å². The molecule has 0 radical (unpaired) electrons. The van der Waals surface area contributed by atoms with Gasteiger partial charge in [0.05, 0.1) is 11.6 Å². The van der Waals surface area contributed by atoms with Crippen LogP contribution in [-0.2, 0) is 22.4 Å². The van der Waals surface area contributed by atoms with E-state index >= 15 is 0 Å². The Hall–Kier alpha value is -1.93. The molecule has 1 aliphatic heterocycles. The molecule has 1 aromatic heterocycles. The summed E-state index contributed by atoms with van der Waals surface area (Å²) in [4.78, 5) is 38.9. The van der Waals surface area contributed by atoms with Crippen LogP contribution in [-0.4, -0.2) is 41.8 Å². The first kappa shape index (κ1) is 17.9. The molecule has 1 saturated heterocycles. The molecule has 0 spiro atoms. The van der Waals surface area contributed by atoms with E-state index in [2.05, 4.69) is 5.32 Å². The van der Waals surface area contributed by atoms with Gasteiger partial charge in [-0.1, -0.05) is 0 Å². The molecule has 8 heteroatoms. The zero-order valence-corrected chi connectivity index (χ0v) is 15.2. The second kappa shape index (κ2) is 7.13. The monoisotopic (exact) mass is 364 g/mol. The zero-order valence-electron chi connectivity index (χ0n) is 14.3. The number of likely N-dealkylation sites (tertiary alicyclic amines) is 1. The Balaban J connectivity index is 1.67. The van der Waals surface area contributed by atoms with E-state index in [-0.39, 0.29) is 23.8 Å². The van der Waals surface area contributed by atoms with Crippen molar-refractivity contribution >= 4 is 34.1 Å². The summed E-state index contributed by atoms with van der Waals surface area (Å²) in [5, 5.41) is 3.47. The van der Waals surface area contributed by atoms with E-state index in [1.54, 1.807) is 0 Å². The van der Waals surface area contributed by atoms with Crippen LogP contribution >= 0.6 is 11.3 Å². The fourth-order valence-electron chi connectivity index (χ4n) is 3.71. The summed E-state index contributed by atoms with van der Waals surface area (Å²) in [7, 11) is 0. The molecule has 1 atom stereocenters. The summed E-state index contributed by atoms with van der Waals surface area (Å²) in [6, 6.07) is -0.341. The third kappa shape index (κ3) is 3.55. The maximum absolute atomic E-state index is 12.6. The van der Waals surface area contributed by atoms with Gasteiger partial charge in [0.2, 0.25) is 11.8 Å². The molecule has 1 unspecified atom stereocenters. The average Bonchev–Trinajstić information content (AvgIpc) is 3.14. The van der Waals surface area contributed by atoms with E-state index in [0.717, 1.165) is 29.7 Å². The number of hydrogen-bond donors (Lipinski definition) is 3. The van der Waals surface area contributed by atoms with Crippen molar-refractivity contribution in [2.45, 2.75) is 45.1 Å². The number of primary amides is 2. The smallest absolute Gasteiger partial charge is 0.251 e. The lowest BCUT2D eigenvalue weighted by Crippen LogP contribution is -2.47. The van der Waals surface area contributed by atoms with Crippen LogP contribution in [0.4, 0.5) is 5.00 Å². The zero-order chi connectivity index (χ0) is 18.1. The van der Waals surface area contributed by atoms with Crippen LogP contribution < -0.4 is 16.8 Å². The number of piperidine rings is 1. The Kier molecular flexibility index (Phi) is 5.10.